The van der Waals surface area contributed by atoms with Crippen molar-refractivity contribution in [3.05, 3.63) is 27.4 Å². The number of ether oxygens (including phenoxy) is 1. The molecule has 1 aromatic rings. The Hall–Kier alpha value is -0.910. The van der Waals surface area contributed by atoms with E-state index in [1.165, 1.54) is 6.20 Å². The molecule has 17 heteroatoms. The molecule has 38 heavy (non-hydrogen) atoms. The van der Waals surface area contributed by atoms with Crippen molar-refractivity contribution in [2.24, 2.45) is 11.8 Å². The second-order valence-corrected chi connectivity index (χ2v) is 12.7. The highest BCUT2D eigenvalue weighted by molar-refractivity contribution is 8.13. The van der Waals surface area contributed by atoms with E-state index in [0.717, 1.165) is 29.3 Å². The van der Waals surface area contributed by atoms with E-state index in [1.54, 1.807) is 27.7 Å². The van der Waals surface area contributed by atoms with Crippen LogP contribution in [0.5, 0.6) is 0 Å². The number of aromatic amines is 1. The third-order valence-corrected chi connectivity index (χ3v) is 8.50. The van der Waals surface area contributed by atoms with E-state index in [0.29, 0.717) is 12.0 Å². The molecule has 13 nitrogen and oxygen atoms in total. The summed E-state index contributed by atoms with van der Waals surface area (Å²) in [7, 11) is -4.83. The number of hydrogen-bond donors (Lipinski definition) is 3. The number of aliphatic hydroxyl groups is 2. The summed E-state index contributed by atoms with van der Waals surface area (Å²) >= 11 is 6.41. The Kier molecular flexibility index (Phi) is 11.6. The molecule has 0 aromatic carbocycles. The van der Waals surface area contributed by atoms with Gasteiger partial charge in [0, 0.05) is 29.9 Å². The molecule has 0 bridgehead atoms. The standard InChI is InChI=1S/C21H33N2O11PS3/c1-12(2)17(26)37-9-8-30-35(29,32-11-33-38-18(27)13(3)4)31-10-14-16(25)21(5,28)19(34-14)23-7-6-15(24)22-20(23)36/h6-7,12-14,16,19,25,28H,8-11H2,1-5H3,(H,22,24,36)/t14-,16+,19-,21?,35?/m1/s1/i10D2. The van der Waals surface area contributed by atoms with Crippen LogP contribution in [0.2, 0.25) is 0 Å². The number of phosphoric ester groups is 1. The highest BCUT2D eigenvalue weighted by Crippen LogP contribution is 2.51. The van der Waals surface area contributed by atoms with Crippen molar-refractivity contribution in [1.82, 2.24) is 9.55 Å². The first-order valence-electron chi connectivity index (χ1n) is 12.4. The number of carbonyl (C=O) groups excluding carboxylic acids is 2. The van der Waals surface area contributed by atoms with E-state index >= 15 is 0 Å². The van der Waals surface area contributed by atoms with Crippen LogP contribution in [0.3, 0.4) is 0 Å². The summed E-state index contributed by atoms with van der Waals surface area (Å²) < 4.78 is 57.1. The maximum Gasteiger partial charge on any atom is 0.477 e. The molecule has 0 spiro atoms. The van der Waals surface area contributed by atoms with Gasteiger partial charge in [0.2, 0.25) is 5.12 Å². The molecule has 1 aliphatic heterocycles. The van der Waals surface area contributed by atoms with Crippen molar-refractivity contribution >= 4 is 54.1 Å². The SMILES string of the molecule is [2H]C([2H])(OP(=O)(OCCSC(=O)C(C)C)OCOSC(=O)C(C)C)[C@H]1O[C@@H](n2ccc(=O)[nH]c2=S)C(C)(O)[C@H]1O. The Morgan fingerprint density at radius 2 is 1.95 bits per heavy atom. The van der Waals surface area contributed by atoms with Gasteiger partial charge >= 0.3 is 7.82 Å². The van der Waals surface area contributed by atoms with Gasteiger partial charge in [-0.25, -0.2) is 4.57 Å². The van der Waals surface area contributed by atoms with Gasteiger partial charge in [0.1, 0.15) is 17.8 Å². The maximum absolute atomic E-state index is 13.4. The van der Waals surface area contributed by atoms with Crippen LogP contribution in [0.15, 0.2) is 17.1 Å². The number of hydrogen-bond acceptors (Lipinski definition) is 14. The molecular weight excluding hydrogens is 583 g/mol. The Labute approximate surface area is 236 Å². The quantitative estimate of drug-likeness (QED) is 0.0912. The summed E-state index contributed by atoms with van der Waals surface area (Å²) in [6, 6.07) is 1.08. The minimum absolute atomic E-state index is 0.0297. The fraction of sp³-hybridized carbons (Fsp3) is 0.714. The van der Waals surface area contributed by atoms with Gasteiger partial charge in [-0.3, -0.25) is 41.7 Å². The van der Waals surface area contributed by atoms with Crippen molar-refractivity contribution in [2.75, 3.05) is 25.7 Å². The van der Waals surface area contributed by atoms with Crippen LogP contribution in [0.1, 0.15) is 43.6 Å². The monoisotopic (exact) mass is 618 g/mol. The topological polar surface area (TPSA) is 176 Å². The predicted octanol–water partition coefficient (Wildman–Crippen LogP) is 2.79. The van der Waals surface area contributed by atoms with Crippen molar-refractivity contribution in [1.29, 1.82) is 0 Å². The van der Waals surface area contributed by atoms with Crippen LogP contribution >= 0.6 is 43.8 Å². The van der Waals surface area contributed by atoms with Crippen LogP contribution in [-0.4, -0.2) is 73.5 Å². The highest BCUT2D eigenvalue weighted by atomic mass is 32.2. The number of phosphoric acid groups is 1. The lowest BCUT2D eigenvalue weighted by Gasteiger charge is -2.28. The number of nitrogens with zero attached hydrogens (tertiary/aromatic N) is 1. The molecule has 2 heterocycles. The van der Waals surface area contributed by atoms with Crippen LogP contribution < -0.4 is 5.56 Å². The predicted molar refractivity (Wildman–Crippen MR) is 143 cm³/mol. The van der Waals surface area contributed by atoms with E-state index in [9.17, 15) is 29.2 Å². The number of carbonyl (C=O) groups is 2. The van der Waals surface area contributed by atoms with Crippen LogP contribution in [0.25, 0.3) is 0 Å². The zero-order valence-corrected chi connectivity index (χ0v) is 24.7. The van der Waals surface area contributed by atoms with Crippen LogP contribution in [0, 0.1) is 16.6 Å². The first-order chi connectivity index (χ1) is 18.4. The molecular formula is C21H33N2O11PS3. The van der Waals surface area contributed by atoms with E-state index in [-0.39, 0.29) is 39.2 Å². The van der Waals surface area contributed by atoms with E-state index in [2.05, 4.69) is 4.98 Å². The second kappa shape index (κ2) is 14.6. The lowest BCUT2D eigenvalue weighted by molar-refractivity contribution is -0.114. The molecule has 5 atom stereocenters. The number of H-pyrrole nitrogens is 1. The number of rotatable bonds is 14. The number of thioether (sulfide) groups is 1. The molecule has 1 saturated heterocycles. The molecule has 0 amide bonds. The van der Waals surface area contributed by atoms with Crippen LogP contribution in [-0.2, 0) is 36.6 Å². The Bertz CT molecular complexity index is 1180. The van der Waals surface area contributed by atoms with Gasteiger partial charge < -0.3 is 14.9 Å². The molecule has 2 rings (SSSR count). The van der Waals surface area contributed by atoms with Gasteiger partial charge in [0.15, 0.2) is 22.9 Å². The minimum atomic E-state index is -4.83. The van der Waals surface area contributed by atoms with Crippen molar-refractivity contribution in [3.8, 4) is 0 Å². The van der Waals surface area contributed by atoms with E-state index in [1.807, 2.05) is 0 Å². The van der Waals surface area contributed by atoms with Gasteiger partial charge in [0.05, 0.1) is 28.0 Å². The zero-order chi connectivity index (χ0) is 30.5. The van der Waals surface area contributed by atoms with Gasteiger partial charge in [-0.1, -0.05) is 39.5 Å². The fourth-order valence-corrected chi connectivity index (χ4v) is 5.25. The second-order valence-electron chi connectivity index (χ2n) is 8.83. The largest absolute Gasteiger partial charge is 0.477 e. The number of aliphatic hydroxyl groups excluding tert-OH is 1. The van der Waals surface area contributed by atoms with E-state index < -0.39 is 50.8 Å². The molecule has 1 aromatic heterocycles. The average Bonchev–Trinajstić information content (AvgIpc) is 3.08. The van der Waals surface area contributed by atoms with Crippen molar-refractivity contribution in [2.45, 2.75) is 58.7 Å². The normalized spacial score (nSPS) is 26.3. The molecule has 216 valence electrons. The molecule has 3 N–H and O–H groups in total. The Morgan fingerprint density at radius 3 is 2.55 bits per heavy atom. The van der Waals surface area contributed by atoms with Gasteiger partial charge in [0.25, 0.3) is 5.56 Å². The molecule has 0 aliphatic carbocycles. The van der Waals surface area contributed by atoms with E-state index in [4.69, 9.17) is 37.5 Å². The van der Waals surface area contributed by atoms with Gasteiger partial charge in [-0.05, 0) is 19.1 Å². The Balaban J connectivity index is 2.22. The van der Waals surface area contributed by atoms with Gasteiger partial charge in [-0.2, -0.15) is 0 Å². The number of nitrogens with one attached hydrogen (secondary N) is 1. The smallest absolute Gasteiger partial charge is 0.387 e. The van der Waals surface area contributed by atoms with Crippen molar-refractivity contribution < 1.29 is 49.6 Å². The van der Waals surface area contributed by atoms with Gasteiger partial charge in [-0.15, -0.1) is 0 Å². The average molecular weight is 619 g/mol. The first-order valence-corrected chi connectivity index (χ1v) is 15.0. The third kappa shape index (κ3) is 9.34. The summed E-state index contributed by atoms with van der Waals surface area (Å²) in [5.74, 6) is -0.603. The maximum atomic E-state index is 13.4. The lowest BCUT2D eigenvalue weighted by atomic mass is 9.96. The molecule has 2 unspecified atom stereocenters. The summed E-state index contributed by atoms with van der Waals surface area (Å²) in [6.07, 6.45) is -4.22. The molecule has 0 radical (unpaired) electrons. The fourth-order valence-electron chi connectivity index (χ4n) is 2.78. The minimum Gasteiger partial charge on any atom is -0.387 e. The first kappa shape index (κ1) is 30.1. The summed E-state index contributed by atoms with van der Waals surface area (Å²) in [5, 5.41) is 21.2. The van der Waals surface area contributed by atoms with Crippen molar-refractivity contribution in [3.63, 3.8) is 0 Å². The Morgan fingerprint density at radius 1 is 1.29 bits per heavy atom. The molecule has 1 fully saturated rings. The molecule has 1 aliphatic rings. The number of aromatic nitrogens is 2. The van der Waals surface area contributed by atoms with Crippen LogP contribution in [0.4, 0.5) is 0 Å². The third-order valence-electron chi connectivity index (χ3n) is 4.97. The summed E-state index contributed by atoms with van der Waals surface area (Å²) in [6.45, 7) is 3.53. The highest BCUT2D eigenvalue weighted by Gasteiger charge is 2.53. The zero-order valence-electron chi connectivity index (χ0n) is 23.4. The lowest BCUT2D eigenvalue weighted by Crippen LogP contribution is -2.44. The summed E-state index contributed by atoms with van der Waals surface area (Å²) in [5.41, 5.74) is -2.69. The summed E-state index contributed by atoms with van der Waals surface area (Å²) in [4.78, 5) is 37.5. The molecule has 0 saturated carbocycles.